The fourth-order valence-electron chi connectivity index (χ4n) is 2.86. The third-order valence-corrected chi connectivity index (χ3v) is 5.98. The van der Waals surface area contributed by atoms with Crippen molar-refractivity contribution in [1.82, 2.24) is 19.2 Å². The molecular weight excluding hydrogens is 373 g/mol. The van der Waals surface area contributed by atoms with E-state index in [1.54, 1.807) is 24.0 Å². The van der Waals surface area contributed by atoms with Gasteiger partial charge in [0.25, 0.3) is 0 Å². The van der Waals surface area contributed by atoms with Gasteiger partial charge in [-0.05, 0) is 18.2 Å². The van der Waals surface area contributed by atoms with Crippen LogP contribution in [0.25, 0.3) is 0 Å². The van der Waals surface area contributed by atoms with Crippen molar-refractivity contribution in [2.24, 2.45) is 7.05 Å². The van der Waals surface area contributed by atoms with Crippen LogP contribution < -0.4 is 10.1 Å². The topological polar surface area (TPSA) is 76.5 Å². The van der Waals surface area contributed by atoms with E-state index in [0.717, 1.165) is 12.1 Å². The van der Waals surface area contributed by atoms with Crippen LogP contribution in [0.3, 0.4) is 0 Å². The molecule has 0 saturated carbocycles. The molecule has 0 bridgehead atoms. The van der Waals surface area contributed by atoms with Crippen LogP contribution in [0.5, 0.6) is 5.75 Å². The predicted molar refractivity (Wildman–Crippen MR) is 85.7 cm³/mol. The minimum atomic E-state index is -4.06. The Morgan fingerprint density at radius 1 is 1.38 bits per heavy atom. The first kappa shape index (κ1) is 18.7. The van der Waals surface area contributed by atoms with Crippen LogP contribution in [-0.2, 0) is 17.1 Å². The maximum Gasteiger partial charge on any atom is 0.387 e. The van der Waals surface area contributed by atoms with Crippen molar-refractivity contribution in [1.29, 1.82) is 0 Å². The van der Waals surface area contributed by atoms with E-state index in [-0.39, 0.29) is 11.4 Å². The molecule has 3 rings (SSSR count). The van der Waals surface area contributed by atoms with E-state index in [2.05, 4.69) is 15.0 Å². The number of aryl methyl sites for hydroxylation is 1. The number of nitrogens with zero attached hydrogens (tertiary/aromatic N) is 3. The van der Waals surface area contributed by atoms with Gasteiger partial charge in [0.05, 0.1) is 10.9 Å². The SMILES string of the molecule is Cn1ccnc1C1CNCCN1S(=O)(=O)c1ccc(OC(F)F)c(F)c1. The molecule has 1 aliphatic heterocycles. The molecule has 1 atom stereocenters. The number of benzene rings is 1. The Balaban J connectivity index is 1.95. The van der Waals surface area contributed by atoms with Crippen molar-refractivity contribution < 1.29 is 26.3 Å². The molecule has 1 N–H and O–H groups in total. The van der Waals surface area contributed by atoms with Gasteiger partial charge in [-0.2, -0.15) is 13.1 Å². The molecule has 2 heterocycles. The molecule has 1 aromatic carbocycles. The number of ether oxygens (including phenoxy) is 1. The highest BCUT2D eigenvalue weighted by Gasteiger charge is 2.36. The summed E-state index contributed by atoms with van der Waals surface area (Å²) in [5.74, 6) is -1.34. The summed E-state index contributed by atoms with van der Waals surface area (Å²) in [6.07, 6.45) is 3.26. The number of halogens is 3. The van der Waals surface area contributed by atoms with Crippen LogP contribution in [0.15, 0.2) is 35.5 Å². The fraction of sp³-hybridized carbons (Fsp3) is 0.400. The zero-order chi connectivity index (χ0) is 18.9. The lowest BCUT2D eigenvalue weighted by atomic mass is 10.2. The van der Waals surface area contributed by atoms with Gasteiger partial charge in [-0.15, -0.1) is 0 Å². The highest BCUT2D eigenvalue weighted by Crippen LogP contribution is 2.30. The molecule has 142 valence electrons. The quantitative estimate of drug-likeness (QED) is 0.837. The molecule has 7 nitrogen and oxygen atoms in total. The summed E-state index contributed by atoms with van der Waals surface area (Å²) in [5, 5.41) is 3.11. The molecule has 1 fully saturated rings. The molecule has 0 aliphatic carbocycles. The minimum absolute atomic E-state index is 0.163. The number of sulfonamides is 1. The molecule has 1 saturated heterocycles. The second-order valence-corrected chi connectivity index (χ2v) is 7.59. The molecule has 1 aromatic heterocycles. The third-order valence-electron chi connectivity index (χ3n) is 4.08. The van der Waals surface area contributed by atoms with Crippen LogP contribution in [-0.4, -0.2) is 48.5 Å². The smallest absolute Gasteiger partial charge is 0.387 e. The Labute approximate surface area is 148 Å². The van der Waals surface area contributed by atoms with Crippen molar-refractivity contribution in [3.63, 3.8) is 0 Å². The highest BCUT2D eigenvalue weighted by atomic mass is 32.2. The van der Waals surface area contributed by atoms with Crippen LogP contribution >= 0.6 is 0 Å². The fourth-order valence-corrected chi connectivity index (χ4v) is 4.46. The number of piperazine rings is 1. The molecule has 26 heavy (non-hydrogen) atoms. The van der Waals surface area contributed by atoms with E-state index in [1.807, 2.05) is 0 Å². The van der Waals surface area contributed by atoms with Gasteiger partial charge in [-0.1, -0.05) is 0 Å². The number of hydrogen-bond donors (Lipinski definition) is 1. The molecule has 2 aromatic rings. The number of aromatic nitrogens is 2. The average Bonchev–Trinajstić information content (AvgIpc) is 3.02. The van der Waals surface area contributed by atoms with E-state index >= 15 is 0 Å². The van der Waals surface area contributed by atoms with Crippen LogP contribution in [0, 0.1) is 5.82 Å². The summed E-state index contributed by atoms with van der Waals surface area (Å²) in [6.45, 7) is -2.27. The Hall–Kier alpha value is -2.11. The molecule has 0 amide bonds. The maximum atomic E-state index is 14.0. The lowest BCUT2D eigenvalue weighted by molar-refractivity contribution is -0.0522. The highest BCUT2D eigenvalue weighted by molar-refractivity contribution is 7.89. The Kier molecular flexibility index (Phi) is 5.21. The van der Waals surface area contributed by atoms with Gasteiger partial charge in [-0.25, -0.2) is 17.8 Å². The van der Waals surface area contributed by atoms with Gasteiger partial charge in [0, 0.05) is 39.1 Å². The number of alkyl halides is 2. The van der Waals surface area contributed by atoms with Crippen molar-refractivity contribution >= 4 is 10.0 Å². The summed E-state index contributed by atoms with van der Waals surface area (Å²) in [4.78, 5) is 3.87. The van der Waals surface area contributed by atoms with Crippen LogP contribution in [0.2, 0.25) is 0 Å². The van der Waals surface area contributed by atoms with Crippen LogP contribution in [0.1, 0.15) is 11.9 Å². The third kappa shape index (κ3) is 3.55. The predicted octanol–water partition coefficient (Wildman–Crippen LogP) is 1.50. The number of nitrogens with one attached hydrogen (secondary N) is 1. The first-order valence-corrected chi connectivity index (χ1v) is 9.19. The number of hydrogen-bond acceptors (Lipinski definition) is 5. The summed E-state index contributed by atoms with van der Waals surface area (Å²) >= 11 is 0. The number of rotatable bonds is 5. The molecule has 0 radical (unpaired) electrons. The summed E-state index contributed by atoms with van der Waals surface area (Å²) < 4.78 is 71.4. The summed E-state index contributed by atoms with van der Waals surface area (Å²) in [7, 11) is -2.32. The van der Waals surface area contributed by atoms with Crippen molar-refractivity contribution in [3.8, 4) is 5.75 Å². The van der Waals surface area contributed by atoms with Gasteiger partial charge in [0.1, 0.15) is 5.82 Å². The zero-order valence-electron chi connectivity index (χ0n) is 13.8. The Bertz CT molecular complexity index is 888. The molecule has 1 aliphatic rings. The van der Waals surface area contributed by atoms with E-state index in [0.29, 0.717) is 25.0 Å². The molecule has 11 heteroatoms. The average molecular weight is 390 g/mol. The van der Waals surface area contributed by atoms with Gasteiger partial charge < -0.3 is 14.6 Å². The standard InChI is InChI=1S/C15H17F3N4O3S/c1-21-6-5-20-14(21)12-9-19-4-7-22(12)26(23,24)10-2-3-13(11(16)8-10)25-15(17)18/h2-3,5-6,8,12,15,19H,4,7,9H2,1H3. The second kappa shape index (κ2) is 7.25. The van der Waals surface area contributed by atoms with E-state index < -0.39 is 34.2 Å². The number of imidazole rings is 1. The summed E-state index contributed by atoms with van der Waals surface area (Å²) in [5.41, 5.74) is 0. The van der Waals surface area contributed by atoms with E-state index in [9.17, 15) is 21.6 Å². The largest absolute Gasteiger partial charge is 0.432 e. The normalized spacial score (nSPS) is 19.0. The summed E-state index contributed by atoms with van der Waals surface area (Å²) in [6, 6.07) is 2.04. The van der Waals surface area contributed by atoms with E-state index in [4.69, 9.17) is 0 Å². The zero-order valence-corrected chi connectivity index (χ0v) is 14.6. The lowest BCUT2D eigenvalue weighted by Gasteiger charge is -2.34. The minimum Gasteiger partial charge on any atom is -0.432 e. The van der Waals surface area contributed by atoms with Gasteiger partial charge in [0.15, 0.2) is 11.6 Å². The first-order valence-electron chi connectivity index (χ1n) is 7.75. The van der Waals surface area contributed by atoms with Gasteiger partial charge >= 0.3 is 6.61 Å². The molecular formula is C15H17F3N4O3S. The van der Waals surface area contributed by atoms with Gasteiger partial charge in [0.2, 0.25) is 10.0 Å². The second-order valence-electron chi connectivity index (χ2n) is 5.70. The first-order chi connectivity index (χ1) is 12.3. The molecule has 1 unspecified atom stereocenters. The Morgan fingerprint density at radius 3 is 2.77 bits per heavy atom. The van der Waals surface area contributed by atoms with Crippen LogP contribution in [0.4, 0.5) is 13.2 Å². The van der Waals surface area contributed by atoms with Crippen molar-refractivity contribution in [3.05, 3.63) is 42.2 Å². The Morgan fingerprint density at radius 2 is 2.15 bits per heavy atom. The molecule has 0 spiro atoms. The lowest BCUT2D eigenvalue weighted by Crippen LogP contribution is -2.49. The van der Waals surface area contributed by atoms with Crippen molar-refractivity contribution in [2.75, 3.05) is 19.6 Å². The van der Waals surface area contributed by atoms with Gasteiger partial charge in [-0.3, -0.25) is 0 Å². The maximum absolute atomic E-state index is 14.0. The van der Waals surface area contributed by atoms with E-state index in [1.165, 1.54) is 4.31 Å². The monoisotopic (exact) mass is 390 g/mol. The van der Waals surface area contributed by atoms with Crippen molar-refractivity contribution in [2.45, 2.75) is 17.5 Å².